The summed E-state index contributed by atoms with van der Waals surface area (Å²) in [6.45, 7) is 1.70. The first kappa shape index (κ1) is 5.78. The Balaban J connectivity index is 2.06. The van der Waals surface area contributed by atoms with E-state index in [9.17, 15) is 5.21 Å². The monoisotopic (exact) mass is 213 g/mol. The van der Waals surface area contributed by atoms with Crippen LogP contribution in [0.2, 0.25) is 0 Å². The Bertz CT molecular complexity index is 62.7. The fourth-order valence-corrected chi connectivity index (χ4v) is 1.32. The van der Waals surface area contributed by atoms with Crippen LogP contribution >= 0.6 is 22.6 Å². The van der Waals surface area contributed by atoms with Crippen molar-refractivity contribution in [1.82, 2.24) is 0 Å². The standard InChI is InChI=1S/C4H8INO/c5-1-4-2-6(7)3-4/h4,6H,1-3H2. The van der Waals surface area contributed by atoms with Crippen LogP contribution in [0.15, 0.2) is 0 Å². The van der Waals surface area contributed by atoms with E-state index < -0.39 is 0 Å². The minimum absolute atomic E-state index is 0.446. The highest BCUT2D eigenvalue weighted by atomic mass is 127. The highest BCUT2D eigenvalue weighted by Crippen LogP contribution is 2.00. The van der Waals surface area contributed by atoms with Crippen LogP contribution < -0.4 is 5.06 Å². The maximum absolute atomic E-state index is 10.3. The van der Waals surface area contributed by atoms with Crippen molar-refractivity contribution in [2.75, 3.05) is 17.5 Å². The van der Waals surface area contributed by atoms with Gasteiger partial charge in [-0.05, 0) is 0 Å². The summed E-state index contributed by atoms with van der Waals surface area (Å²) >= 11 is 2.32. The normalized spacial score (nSPS) is 40.3. The van der Waals surface area contributed by atoms with Crippen LogP contribution in [-0.4, -0.2) is 17.5 Å². The van der Waals surface area contributed by atoms with Gasteiger partial charge in [0.05, 0.1) is 19.0 Å². The molecule has 1 saturated heterocycles. The lowest BCUT2D eigenvalue weighted by atomic mass is 10.1. The summed E-state index contributed by atoms with van der Waals surface area (Å²) in [5.74, 6) is 0.730. The third-order valence-electron chi connectivity index (χ3n) is 1.25. The molecular formula is C4H8INO. The van der Waals surface area contributed by atoms with Gasteiger partial charge in [-0.25, -0.2) is 0 Å². The van der Waals surface area contributed by atoms with Crippen LogP contribution in [0.4, 0.5) is 0 Å². The van der Waals surface area contributed by atoms with E-state index in [-0.39, 0.29) is 0 Å². The van der Waals surface area contributed by atoms with Crippen LogP contribution in [0.25, 0.3) is 0 Å². The smallest absolute Gasteiger partial charge is 0.0859 e. The van der Waals surface area contributed by atoms with E-state index in [1.807, 2.05) is 0 Å². The zero-order valence-corrected chi connectivity index (χ0v) is 6.14. The average Bonchev–Trinajstić information content (AvgIpc) is 1.58. The summed E-state index contributed by atoms with van der Waals surface area (Å²) < 4.78 is 1.16. The minimum atomic E-state index is 0.446. The van der Waals surface area contributed by atoms with Gasteiger partial charge < -0.3 is 10.3 Å². The SMILES string of the molecule is [O-][NH+]1CC(CI)C1. The molecule has 1 fully saturated rings. The van der Waals surface area contributed by atoms with Crippen molar-refractivity contribution in [2.24, 2.45) is 5.92 Å². The molecule has 1 heterocycles. The van der Waals surface area contributed by atoms with Crippen molar-refractivity contribution < 1.29 is 5.06 Å². The molecule has 3 heteroatoms. The Morgan fingerprint density at radius 3 is 2.43 bits per heavy atom. The van der Waals surface area contributed by atoms with E-state index in [0.717, 1.165) is 23.4 Å². The number of nitrogens with one attached hydrogen (secondary N) is 1. The second-order valence-corrected chi connectivity index (χ2v) is 2.85. The summed E-state index contributed by atoms with van der Waals surface area (Å²) in [6, 6.07) is 0. The fraction of sp³-hybridized carbons (Fsp3) is 1.00. The fourth-order valence-electron chi connectivity index (χ4n) is 0.693. The lowest BCUT2D eigenvalue weighted by molar-refractivity contribution is -0.900. The van der Waals surface area contributed by atoms with E-state index in [0.29, 0.717) is 5.06 Å². The molecule has 0 amide bonds. The van der Waals surface area contributed by atoms with E-state index in [2.05, 4.69) is 22.6 Å². The molecule has 42 valence electrons. The van der Waals surface area contributed by atoms with Gasteiger partial charge in [-0.15, -0.1) is 0 Å². The Morgan fingerprint density at radius 2 is 2.29 bits per heavy atom. The number of halogens is 1. The Kier molecular flexibility index (Phi) is 1.88. The van der Waals surface area contributed by atoms with E-state index in [4.69, 9.17) is 0 Å². The molecular weight excluding hydrogens is 205 g/mol. The summed E-state index contributed by atoms with van der Waals surface area (Å²) in [5, 5.41) is 10.7. The molecule has 0 aromatic carbocycles. The zero-order chi connectivity index (χ0) is 5.28. The largest absolute Gasteiger partial charge is 0.634 e. The molecule has 1 aliphatic rings. The maximum atomic E-state index is 10.3. The van der Waals surface area contributed by atoms with E-state index in [1.54, 1.807) is 0 Å². The number of hydroxylamine groups is 2. The van der Waals surface area contributed by atoms with Crippen LogP contribution in [0.1, 0.15) is 0 Å². The molecule has 0 radical (unpaired) electrons. The van der Waals surface area contributed by atoms with Crippen molar-refractivity contribution in [3.8, 4) is 0 Å². The topological polar surface area (TPSA) is 27.5 Å². The molecule has 0 atom stereocenters. The molecule has 1 aliphatic heterocycles. The summed E-state index contributed by atoms with van der Waals surface area (Å²) in [4.78, 5) is 0. The van der Waals surface area contributed by atoms with Crippen LogP contribution in [0.5, 0.6) is 0 Å². The second-order valence-electron chi connectivity index (χ2n) is 1.97. The summed E-state index contributed by atoms with van der Waals surface area (Å²) in [7, 11) is 0. The van der Waals surface area contributed by atoms with Gasteiger partial charge in [0.1, 0.15) is 0 Å². The number of alkyl halides is 1. The zero-order valence-electron chi connectivity index (χ0n) is 3.98. The average molecular weight is 213 g/mol. The highest BCUT2D eigenvalue weighted by Gasteiger charge is 2.23. The molecule has 0 aromatic rings. The first-order valence-corrected chi connectivity index (χ1v) is 3.93. The van der Waals surface area contributed by atoms with E-state index in [1.165, 1.54) is 0 Å². The first-order valence-electron chi connectivity index (χ1n) is 2.40. The molecule has 1 rings (SSSR count). The van der Waals surface area contributed by atoms with Crippen LogP contribution in [-0.2, 0) is 0 Å². The maximum Gasteiger partial charge on any atom is 0.0859 e. The molecule has 0 aromatic heterocycles. The number of rotatable bonds is 1. The quantitative estimate of drug-likeness (QED) is 0.352. The van der Waals surface area contributed by atoms with Gasteiger partial charge in [-0.1, -0.05) is 22.6 Å². The van der Waals surface area contributed by atoms with Crippen molar-refractivity contribution >= 4 is 22.6 Å². The molecule has 0 unspecified atom stereocenters. The molecule has 0 aliphatic carbocycles. The summed E-state index contributed by atoms with van der Waals surface area (Å²) in [5.41, 5.74) is 0. The Hall–Kier alpha value is 0.650. The molecule has 7 heavy (non-hydrogen) atoms. The van der Waals surface area contributed by atoms with Gasteiger partial charge in [-0.3, -0.25) is 0 Å². The van der Waals surface area contributed by atoms with Crippen molar-refractivity contribution in [3.63, 3.8) is 0 Å². The number of hydrogen-bond donors (Lipinski definition) is 1. The van der Waals surface area contributed by atoms with Crippen LogP contribution in [0, 0.1) is 11.1 Å². The molecule has 2 nitrogen and oxygen atoms in total. The Labute approximate surface area is 56.6 Å². The van der Waals surface area contributed by atoms with Crippen molar-refractivity contribution in [2.45, 2.75) is 0 Å². The van der Waals surface area contributed by atoms with Gasteiger partial charge in [0.2, 0.25) is 0 Å². The first-order chi connectivity index (χ1) is 3.33. The van der Waals surface area contributed by atoms with Gasteiger partial charge in [0, 0.05) is 4.43 Å². The van der Waals surface area contributed by atoms with Crippen LogP contribution in [0.3, 0.4) is 0 Å². The van der Waals surface area contributed by atoms with Crippen molar-refractivity contribution in [1.29, 1.82) is 0 Å². The minimum Gasteiger partial charge on any atom is -0.634 e. The third-order valence-corrected chi connectivity index (χ3v) is 2.50. The third kappa shape index (κ3) is 1.27. The molecule has 0 spiro atoms. The Morgan fingerprint density at radius 1 is 1.71 bits per heavy atom. The lowest BCUT2D eigenvalue weighted by Gasteiger charge is -2.37. The lowest BCUT2D eigenvalue weighted by Crippen LogP contribution is -3.16. The summed E-state index contributed by atoms with van der Waals surface area (Å²) in [6.07, 6.45) is 0. The van der Waals surface area contributed by atoms with Gasteiger partial charge >= 0.3 is 0 Å². The predicted molar refractivity (Wildman–Crippen MR) is 36.4 cm³/mol. The highest BCUT2D eigenvalue weighted by molar-refractivity contribution is 14.1. The van der Waals surface area contributed by atoms with Gasteiger partial charge in [0.15, 0.2) is 0 Å². The molecule has 1 N–H and O–H groups in total. The second kappa shape index (κ2) is 2.28. The van der Waals surface area contributed by atoms with Gasteiger partial charge in [0.25, 0.3) is 0 Å². The van der Waals surface area contributed by atoms with Crippen molar-refractivity contribution in [3.05, 3.63) is 5.21 Å². The van der Waals surface area contributed by atoms with E-state index >= 15 is 0 Å². The molecule has 0 saturated carbocycles. The van der Waals surface area contributed by atoms with Gasteiger partial charge in [-0.2, -0.15) is 0 Å². The molecule has 0 bridgehead atoms. The number of hydrogen-bond acceptors (Lipinski definition) is 1. The number of quaternary nitrogens is 1. The predicted octanol–water partition coefficient (Wildman–Crippen LogP) is -0.566.